The Morgan fingerprint density at radius 3 is 1.93 bits per heavy atom. The predicted molar refractivity (Wildman–Crippen MR) is 109 cm³/mol. The molecule has 0 aliphatic rings. The summed E-state index contributed by atoms with van der Waals surface area (Å²) in [5.74, 6) is -2.10. The molecular formula is C23H36O4. The smallest absolute Gasteiger partial charge is 0.321 e. The Labute approximate surface area is 164 Å². The van der Waals surface area contributed by atoms with Gasteiger partial charge in [0.25, 0.3) is 0 Å². The third-order valence-corrected chi connectivity index (χ3v) is 6.14. The van der Waals surface area contributed by atoms with Crippen LogP contribution in [0.15, 0.2) is 30.3 Å². The lowest BCUT2D eigenvalue weighted by Crippen LogP contribution is -2.57. The fraction of sp³-hybridized carbons (Fsp3) is 0.652. The van der Waals surface area contributed by atoms with E-state index in [1.165, 1.54) is 0 Å². The van der Waals surface area contributed by atoms with Crippen molar-refractivity contribution in [1.82, 2.24) is 0 Å². The monoisotopic (exact) mass is 376 g/mol. The molecule has 0 aliphatic heterocycles. The van der Waals surface area contributed by atoms with E-state index in [-0.39, 0.29) is 12.3 Å². The average molecular weight is 377 g/mol. The Morgan fingerprint density at radius 1 is 0.963 bits per heavy atom. The molecule has 0 saturated carbocycles. The van der Waals surface area contributed by atoms with Crippen LogP contribution in [-0.2, 0) is 16.0 Å². The number of benzene rings is 1. The number of hydrogen-bond acceptors (Lipinski definition) is 2. The molecule has 2 N–H and O–H groups in total. The number of unbranched alkanes of at least 4 members (excludes halogenated alkanes) is 1. The van der Waals surface area contributed by atoms with Gasteiger partial charge < -0.3 is 10.2 Å². The Kier molecular flexibility index (Phi) is 8.52. The Bertz CT molecular complexity index is 592. The fourth-order valence-corrected chi connectivity index (χ4v) is 4.41. The van der Waals surface area contributed by atoms with Crippen LogP contribution in [0.3, 0.4) is 0 Å². The quantitative estimate of drug-likeness (QED) is 0.462. The molecule has 0 saturated heterocycles. The molecule has 0 aromatic heterocycles. The molecule has 152 valence electrons. The molecule has 0 amide bonds. The summed E-state index contributed by atoms with van der Waals surface area (Å²) in [6.07, 6.45) is 3.79. The van der Waals surface area contributed by atoms with Crippen LogP contribution in [0.4, 0.5) is 0 Å². The first kappa shape index (κ1) is 23.2. The summed E-state index contributed by atoms with van der Waals surface area (Å²) >= 11 is 0. The van der Waals surface area contributed by atoms with Crippen molar-refractivity contribution < 1.29 is 19.8 Å². The number of rotatable bonds is 12. The molecular weight excluding hydrogens is 340 g/mol. The number of hydrogen-bond donors (Lipinski definition) is 2. The molecule has 1 aromatic carbocycles. The lowest BCUT2D eigenvalue weighted by molar-refractivity contribution is -0.182. The van der Waals surface area contributed by atoms with Crippen LogP contribution in [0.1, 0.15) is 72.3 Å². The fourth-order valence-electron chi connectivity index (χ4n) is 4.41. The molecule has 4 nitrogen and oxygen atoms in total. The molecule has 1 atom stereocenters. The van der Waals surface area contributed by atoms with Crippen molar-refractivity contribution in [1.29, 1.82) is 0 Å². The maximum absolute atomic E-state index is 12.6. The van der Waals surface area contributed by atoms with E-state index in [1.807, 2.05) is 44.2 Å². The van der Waals surface area contributed by atoms with Gasteiger partial charge in [-0.1, -0.05) is 84.2 Å². The summed E-state index contributed by atoms with van der Waals surface area (Å²) in [4.78, 5) is 25.3. The molecule has 0 fully saturated rings. The highest BCUT2D eigenvalue weighted by Gasteiger charge is 2.62. The number of carboxylic acid groups (broad SMARTS) is 2. The average Bonchev–Trinajstić information content (AvgIpc) is 2.60. The first-order valence-electron chi connectivity index (χ1n) is 10.1. The maximum Gasteiger partial charge on any atom is 0.321 e. The van der Waals surface area contributed by atoms with Gasteiger partial charge in [0.2, 0.25) is 0 Å². The summed E-state index contributed by atoms with van der Waals surface area (Å²) in [5, 5.41) is 20.6. The van der Waals surface area contributed by atoms with Crippen molar-refractivity contribution in [2.24, 2.45) is 22.7 Å². The summed E-state index contributed by atoms with van der Waals surface area (Å²) in [6, 6.07) is 9.18. The minimum absolute atomic E-state index is 0.0124. The highest BCUT2D eigenvalue weighted by molar-refractivity contribution is 5.99. The van der Waals surface area contributed by atoms with Crippen LogP contribution in [-0.4, -0.2) is 22.2 Å². The van der Waals surface area contributed by atoms with Gasteiger partial charge in [0.1, 0.15) is 0 Å². The second-order valence-corrected chi connectivity index (χ2v) is 8.52. The highest BCUT2D eigenvalue weighted by Crippen LogP contribution is 2.55. The number of carbonyl (C=O) groups is 2. The van der Waals surface area contributed by atoms with Crippen molar-refractivity contribution in [3.05, 3.63) is 35.9 Å². The zero-order chi connectivity index (χ0) is 20.7. The molecule has 1 unspecified atom stereocenters. The maximum atomic E-state index is 12.6. The minimum atomic E-state index is -1.84. The molecule has 0 aliphatic carbocycles. The van der Waals surface area contributed by atoms with Crippen molar-refractivity contribution >= 4 is 11.9 Å². The molecule has 4 heteroatoms. The van der Waals surface area contributed by atoms with Gasteiger partial charge in [-0.25, -0.2) is 0 Å². The van der Waals surface area contributed by atoms with Crippen molar-refractivity contribution in [2.75, 3.05) is 0 Å². The lowest BCUT2D eigenvalue weighted by Gasteiger charge is -2.49. The third-order valence-electron chi connectivity index (χ3n) is 6.14. The second kappa shape index (κ2) is 9.91. The van der Waals surface area contributed by atoms with E-state index in [4.69, 9.17) is 0 Å². The van der Waals surface area contributed by atoms with Gasteiger partial charge in [-0.3, -0.25) is 9.59 Å². The van der Waals surface area contributed by atoms with Gasteiger partial charge in [0.15, 0.2) is 5.41 Å². The van der Waals surface area contributed by atoms with E-state index in [1.54, 1.807) is 0 Å². The number of carboxylic acids is 2. The van der Waals surface area contributed by atoms with Gasteiger partial charge in [-0.15, -0.1) is 0 Å². The van der Waals surface area contributed by atoms with E-state index in [0.29, 0.717) is 18.8 Å². The normalized spacial score (nSPS) is 14.3. The first-order valence-corrected chi connectivity index (χ1v) is 10.1. The van der Waals surface area contributed by atoms with E-state index in [2.05, 4.69) is 20.8 Å². The van der Waals surface area contributed by atoms with Crippen LogP contribution in [0.25, 0.3) is 0 Å². The Hall–Kier alpha value is -1.84. The zero-order valence-electron chi connectivity index (χ0n) is 17.5. The Balaban J connectivity index is 3.64. The summed E-state index contributed by atoms with van der Waals surface area (Å²) in [6.45, 7) is 10.2. The SMILES string of the molecule is CCCCC(CCC(C)C)(C(C)C)C(Cc1ccccc1)(C(=O)O)C(=O)O. The summed E-state index contributed by atoms with van der Waals surface area (Å²) in [7, 11) is 0. The third kappa shape index (κ3) is 4.91. The standard InChI is InChI=1S/C23H36O4/c1-6-7-14-22(18(4)5,15-13-17(2)3)23(20(24)25,21(26)27)16-19-11-9-8-10-12-19/h8-12,17-18H,6-7,13-16H2,1-5H3,(H,24,25)(H,26,27). The van der Waals surface area contributed by atoms with Crippen LogP contribution in [0.5, 0.6) is 0 Å². The zero-order valence-corrected chi connectivity index (χ0v) is 17.5. The first-order chi connectivity index (χ1) is 12.6. The summed E-state index contributed by atoms with van der Waals surface area (Å²) in [5.41, 5.74) is -1.89. The Morgan fingerprint density at radius 2 is 1.52 bits per heavy atom. The van der Waals surface area contributed by atoms with E-state index >= 15 is 0 Å². The van der Waals surface area contributed by atoms with Gasteiger partial charge in [0.05, 0.1) is 0 Å². The molecule has 27 heavy (non-hydrogen) atoms. The van der Waals surface area contributed by atoms with Crippen LogP contribution in [0.2, 0.25) is 0 Å². The van der Waals surface area contributed by atoms with E-state index in [0.717, 1.165) is 24.8 Å². The molecule has 0 radical (unpaired) electrons. The van der Waals surface area contributed by atoms with Gasteiger partial charge in [-0.2, -0.15) is 0 Å². The highest BCUT2D eigenvalue weighted by atomic mass is 16.4. The molecule has 1 aromatic rings. The lowest BCUT2D eigenvalue weighted by atomic mass is 9.51. The van der Waals surface area contributed by atoms with Crippen LogP contribution < -0.4 is 0 Å². The van der Waals surface area contributed by atoms with E-state index in [9.17, 15) is 19.8 Å². The topological polar surface area (TPSA) is 74.6 Å². The second-order valence-electron chi connectivity index (χ2n) is 8.52. The minimum Gasteiger partial charge on any atom is -0.480 e. The van der Waals surface area contributed by atoms with Crippen molar-refractivity contribution in [2.45, 2.75) is 73.1 Å². The van der Waals surface area contributed by atoms with Crippen LogP contribution >= 0.6 is 0 Å². The molecule has 0 bridgehead atoms. The van der Waals surface area contributed by atoms with Gasteiger partial charge in [0, 0.05) is 0 Å². The van der Waals surface area contributed by atoms with Crippen molar-refractivity contribution in [3.63, 3.8) is 0 Å². The van der Waals surface area contributed by atoms with Gasteiger partial charge in [-0.05, 0) is 42.1 Å². The van der Waals surface area contributed by atoms with Crippen LogP contribution in [0, 0.1) is 22.7 Å². The molecule has 0 spiro atoms. The molecule has 0 heterocycles. The van der Waals surface area contributed by atoms with E-state index < -0.39 is 22.8 Å². The largest absolute Gasteiger partial charge is 0.480 e. The predicted octanol–water partition coefficient (Wildman–Crippen LogP) is 5.65. The van der Waals surface area contributed by atoms with Crippen molar-refractivity contribution in [3.8, 4) is 0 Å². The number of aliphatic carboxylic acids is 2. The molecule has 1 rings (SSSR count). The summed E-state index contributed by atoms with van der Waals surface area (Å²) < 4.78 is 0. The van der Waals surface area contributed by atoms with Gasteiger partial charge >= 0.3 is 11.9 Å².